The SMILES string of the molecule is C[C@H](NCc1ccc2c(c1)CC(=NC(=O)c1ccc(-c3cn[nH]c3)s1)N2CC(C)(C)O)C(C)(C)C. The van der Waals surface area contributed by atoms with Crippen molar-refractivity contribution in [1.82, 2.24) is 15.5 Å². The van der Waals surface area contributed by atoms with E-state index in [1.807, 2.05) is 17.0 Å². The molecule has 0 saturated carbocycles. The number of anilines is 1. The van der Waals surface area contributed by atoms with E-state index in [0.29, 0.717) is 29.7 Å². The van der Waals surface area contributed by atoms with Gasteiger partial charge in [0.15, 0.2) is 0 Å². The van der Waals surface area contributed by atoms with Gasteiger partial charge in [0.05, 0.1) is 23.2 Å². The molecule has 1 atom stereocenters. The van der Waals surface area contributed by atoms with E-state index in [9.17, 15) is 9.90 Å². The summed E-state index contributed by atoms with van der Waals surface area (Å²) in [5, 5.41) is 21.0. The maximum absolute atomic E-state index is 13.1. The lowest BCUT2D eigenvalue weighted by molar-refractivity contribution is 0.0901. The summed E-state index contributed by atoms with van der Waals surface area (Å²) in [6.07, 6.45) is 4.10. The largest absolute Gasteiger partial charge is 0.389 e. The first kappa shape index (κ1) is 25.3. The fourth-order valence-electron chi connectivity index (χ4n) is 3.96. The Morgan fingerprint density at radius 2 is 2.03 bits per heavy atom. The zero-order valence-electron chi connectivity index (χ0n) is 21.3. The van der Waals surface area contributed by atoms with Gasteiger partial charge in [0.2, 0.25) is 0 Å². The number of thiophene rings is 1. The molecule has 35 heavy (non-hydrogen) atoms. The fourth-order valence-corrected chi connectivity index (χ4v) is 4.84. The van der Waals surface area contributed by atoms with Crippen LogP contribution in [0.15, 0.2) is 47.7 Å². The minimum absolute atomic E-state index is 0.180. The van der Waals surface area contributed by atoms with E-state index in [4.69, 9.17) is 0 Å². The summed E-state index contributed by atoms with van der Waals surface area (Å²) in [6, 6.07) is 10.5. The number of hydrogen-bond acceptors (Lipinski definition) is 5. The Kier molecular flexibility index (Phi) is 6.99. The molecule has 3 N–H and O–H groups in total. The Balaban J connectivity index is 1.57. The maximum atomic E-state index is 13.1. The van der Waals surface area contributed by atoms with E-state index in [1.165, 1.54) is 16.9 Å². The van der Waals surface area contributed by atoms with Crippen molar-refractivity contribution < 1.29 is 9.90 Å². The highest BCUT2D eigenvalue weighted by molar-refractivity contribution is 7.17. The molecule has 0 spiro atoms. The van der Waals surface area contributed by atoms with E-state index in [2.05, 4.69) is 66.4 Å². The molecule has 0 aliphatic carbocycles. The van der Waals surface area contributed by atoms with E-state index in [-0.39, 0.29) is 11.3 Å². The smallest absolute Gasteiger partial charge is 0.288 e. The van der Waals surface area contributed by atoms with Crippen molar-refractivity contribution in [2.24, 2.45) is 10.4 Å². The van der Waals surface area contributed by atoms with Crippen LogP contribution >= 0.6 is 11.3 Å². The molecule has 8 heteroatoms. The molecule has 0 radical (unpaired) electrons. The minimum atomic E-state index is -0.939. The maximum Gasteiger partial charge on any atom is 0.288 e. The molecule has 1 aliphatic rings. The van der Waals surface area contributed by atoms with Crippen molar-refractivity contribution in [1.29, 1.82) is 0 Å². The molecule has 4 rings (SSSR count). The third kappa shape index (κ3) is 6.07. The molecule has 3 aromatic rings. The third-order valence-corrected chi connectivity index (χ3v) is 7.50. The third-order valence-electron chi connectivity index (χ3n) is 6.38. The zero-order valence-corrected chi connectivity index (χ0v) is 22.2. The van der Waals surface area contributed by atoms with E-state index < -0.39 is 5.60 Å². The summed E-state index contributed by atoms with van der Waals surface area (Å²) in [5.41, 5.74) is 3.50. The lowest BCUT2D eigenvalue weighted by Gasteiger charge is -2.29. The number of carbonyl (C=O) groups is 1. The van der Waals surface area contributed by atoms with Gasteiger partial charge in [0, 0.05) is 41.3 Å². The number of H-pyrrole nitrogens is 1. The number of benzene rings is 1. The number of nitrogens with zero attached hydrogens (tertiary/aromatic N) is 3. The molecule has 0 bridgehead atoms. The van der Waals surface area contributed by atoms with E-state index in [0.717, 1.165) is 28.2 Å². The zero-order chi connectivity index (χ0) is 25.4. The molecule has 1 aromatic carbocycles. The lowest BCUT2D eigenvalue weighted by atomic mass is 9.88. The molecule has 186 valence electrons. The Morgan fingerprint density at radius 1 is 1.26 bits per heavy atom. The number of hydrogen-bond donors (Lipinski definition) is 3. The molecule has 2 aromatic heterocycles. The molecule has 1 amide bonds. The Bertz CT molecular complexity index is 1220. The van der Waals surface area contributed by atoms with Crippen molar-refractivity contribution in [3.8, 4) is 10.4 Å². The molecule has 1 aliphatic heterocycles. The first-order valence-electron chi connectivity index (χ1n) is 12.0. The number of aliphatic hydroxyl groups is 1. The van der Waals surface area contributed by atoms with Gasteiger partial charge in [0.25, 0.3) is 5.91 Å². The summed E-state index contributed by atoms with van der Waals surface area (Å²) in [4.78, 5) is 21.1. The van der Waals surface area contributed by atoms with Gasteiger partial charge in [-0.1, -0.05) is 32.9 Å². The second-order valence-corrected chi connectivity index (χ2v) is 12.1. The second kappa shape index (κ2) is 9.68. The quantitative estimate of drug-likeness (QED) is 0.429. The van der Waals surface area contributed by atoms with Crippen LogP contribution in [0.1, 0.15) is 62.3 Å². The van der Waals surface area contributed by atoms with E-state index in [1.54, 1.807) is 26.2 Å². The molecule has 0 saturated heterocycles. The van der Waals surface area contributed by atoms with Crippen LogP contribution in [-0.4, -0.2) is 45.2 Å². The van der Waals surface area contributed by atoms with Gasteiger partial charge in [-0.2, -0.15) is 10.1 Å². The molecule has 7 nitrogen and oxygen atoms in total. The Morgan fingerprint density at radius 3 is 2.69 bits per heavy atom. The van der Waals surface area contributed by atoms with Crippen LogP contribution in [0, 0.1) is 5.41 Å². The van der Waals surface area contributed by atoms with Gasteiger partial charge in [-0.05, 0) is 55.5 Å². The Hall–Kier alpha value is -2.81. The minimum Gasteiger partial charge on any atom is -0.389 e. The number of aliphatic imine (C=N–C) groups is 1. The topological polar surface area (TPSA) is 93.6 Å². The van der Waals surface area contributed by atoms with Crippen molar-refractivity contribution >= 4 is 28.8 Å². The first-order valence-corrected chi connectivity index (χ1v) is 12.8. The van der Waals surface area contributed by atoms with Gasteiger partial charge in [-0.3, -0.25) is 9.89 Å². The van der Waals surface area contributed by atoms with Gasteiger partial charge in [-0.25, -0.2) is 0 Å². The van der Waals surface area contributed by atoms with Crippen LogP contribution in [-0.2, 0) is 13.0 Å². The summed E-state index contributed by atoms with van der Waals surface area (Å²) in [7, 11) is 0. The molecule has 0 unspecified atom stereocenters. The fraction of sp³-hybridized carbons (Fsp3) is 0.444. The van der Waals surface area contributed by atoms with Crippen LogP contribution in [0.5, 0.6) is 0 Å². The lowest BCUT2D eigenvalue weighted by Crippen LogP contribution is -2.40. The molecule has 3 heterocycles. The highest BCUT2D eigenvalue weighted by Crippen LogP contribution is 2.33. The van der Waals surface area contributed by atoms with Crippen LogP contribution < -0.4 is 10.2 Å². The second-order valence-electron chi connectivity index (χ2n) is 11.0. The Labute approximate surface area is 211 Å². The van der Waals surface area contributed by atoms with Crippen molar-refractivity contribution in [2.75, 3.05) is 11.4 Å². The van der Waals surface area contributed by atoms with Gasteiger partial charge < -0.3 is 15.3 Å². The van der Waals surface area contributed by atoms with Crippen molar-refractivity contribution in [3.05, 3.63) is 58.7 Å². The summed E-state index contributed by atoms with van der Waals surface area (Å²) >= 11 is 1.40. The van der Waals surface area contributed by atoms with Gasteiger partial charge in [0.1, 0.15) is 5.84 Å². The average Bonchev–Trinajstić information content (AvgIpc) is 3.51. The summed E-state index contributed by atoms with van der Waals surface area (Å²) in [6.45, 7) is 13.6. The van der Waals surface area contributed by atoms with Crippen LogP contribution in [0.2, 0.25) is 0 Å². The predicted octanol–water partition coefficient (Wildman–Crippen LogP) is 5.03. The van der Waals surface area contributed by atoms with Crippen LogP contribution in [0.25, 0.3) is 10.4 Å². The monoisotopic (exact) mass is 493 g/mol. The predicted molar refractivity (Wildman–Crippen MR) is 143 cm³/mol. The van der Waals surface area contributed by atoms with Crippen molar-refractivity contribution in [2.45, 2.75) is 66.2 Å². The number of fused-ring (bicyclic) bond motifs is 1. The molecular weight excluding hydrogens is 458 g/mol. The number of nitrogens with one attached hydrogen (secondary N) is 2. The summed E-state index contributed by atoms with van der Waals surface area (Å²) < 4.78 is 0. The number of aromatic amines is 1. The molecule has 0 fully saturated rings. The standard InChI is InChI=1S/C27H35N5O2S/c1-17(26(2,3)4)28-13-18-7-8-21-19(11-18)12-24(32(21)16-27(5,6)34)31-25(33)23-10-9-22(35-23)20-14-29-30-15-20/h7-11,14-15,17,28,34H,12-13,16H2,1-6H3,(H,29,30)/t17-/m0/s1. The normalized spacial score (nSPS) is 16.1. The molecular formula is C27H35N5O2S. The average molecular weight is 494 g/mol. The van der Waals surface area contributed by atoms with Gasteiger partial charge >= 0.3 is 0 Å². The number of aromatic nitrogens is 2. The van der Waals surface area contributed by atoms with Crippen LogP contribution in [0.4, 0.5) is 5.69 Å². The number of rotatable bonds is 7. The highest BCUT2D eigenvalue weighted by atomic mass is 32.1. The van der Waals surface area contributed by atoms with Gasteiger partial charge in [-0.15, -0.1) is 11.3 Å². The van der Waals surface area contributed by atoms with Crippen molar-refractivity contribution in [3.63, 3.8) is 0 Å². The van der Waals surface area contributed by atoms with E-state index >= 15 is 0 Å². The first-order chi connectivity index (χ1) is 16.4. The number of β-amino-alcohol motifs (C(OH)–C–C–N with tert-alkyl or cyclic N) is 1. The number of amides is 1. The number of amidine groups is 1. The number of carbonyl (C=O) groups excluding carboxylic acids is 1. The summed E-state index contributed by atoms with van der Waals surface area (Å²) in [5.74, 6) is 0.396. The highest BCUT2D eigenvalue weighted by Gasteiger charge is 2.31. The van der Waals surface area contributed by atoms with Crippen LogP contribution in [0.3, 0.4) is 0 Å².